The van der Waals surface area contributed by atoms with Gasteiger partial charge in [0, 0.05) is 52.4 Å². The zero-order valence-electron chi connectivity index (χ0n) is 65.0. The number of carbonyl (C=O) groups is 4. The average molecular weight is 1710 g/mol. The Balaban J connectivity index is 0.000000182. The van der Waals surface area contributed by atoms with Gasteiger partial charge in [-0.15, -0.1) is 0 Å². The van der Waals surface area contributed by atoms with Crippen molar-refractivity contribution in [1.29, 1.82) is 0 Å². The highest BCUT2D eigenvalue weighted by Gasteiger charge is 2.30. The molecule has 0 heterocycles. The van der Waals surface area contributed by atoms with Crippen molar-refractivity contribution < 1.29 is 106 Å². The van der Waals surface area contributed by atoms with Crippen LogP contribution in [0.15, 0.2) is 311 Å². The lowest BCUT2D eigenvalue weighted by Gasteiger charge is -2.23. The van der Waals surface area contributed by atoms with E-state index in [9.17, 15) is 71.1 Å². The average Bonchev–Trinajstić information content (AvgIpc) is 0.816. The number of methoxy groups -OCH3 is 3. The molecule has 624 valence electrons. The molecule has 0 saturated heterocycles. The lowest BCUT2D eigenvalue weighted by atomic mass is 10.1. The first-order valence-corrected chi connectivity index (χ1v) is 42.1. The van der Waals surface area contributed by atoms with Gasteiger partial charge in [-0.3, -0.25) is 0 Å². The first kappa shape index (κ1) is 91.2. The van der Waals surface area contributed by atoms with Crippen LogP contribution in [0.5, 0.6) is 17.2 Å². The zero-order chi connectivity index (χ0) is 86.9. The van der Waals surface area contributed by atoms with Crippen LogP contribution < -0.4 is 14.2 Å². The van der Waals surface area contributed by atoms with E-state index in [2.05, 4.69) is 0 Å². The third-order valence-electron chi connectivity index (χ3n) is 18.3. The number of carboxylic acid groups (broad SMARTS) is 4. The number of hydrogen-bond donors (Lipinski definition) is 5. The van der Waals surface area contributed by atoms with E-state index < -0.39 is 81.4 Å². The molecule has 0 saturated carbocycles. The molecule has 0 aromatic heterocycles. The molecular weight excluding hydrogens is 1630 g/mol. The molecule has 0 atom stereocenters. The highest BCUT2D eigenvalue weighted by Crippen LogP contribution is 2.30. The molecule has 24 nitrogen and oxygen atoms in total. The maximum absolute atomic E-state index is 13.7. The summed E-state index contributed by atoms with van der Waals surface area (Å²) in [6, 6.07) is 74.1. The summed E-state index contributed by atoms with van der Waals surface area (Å²) in [5.74, 6) is -4.97. The first-order valence-electron chi connectivity index (χ1n) is 36.4. The van der Waals surface area contributed by atoms with E-state index in [-0.39, 0.29) is 106 Å². The van der Waals surface area contributed by atoms with Gasteiger partial charge in [0.25, 0.3) is 0 Å². The minimum Gasteiger partial charge on any atom is -0.497 e. The normalized spacial score (nSPS) is 11.5. The summed E-state index contributed by atoms with van der Waals surface area (Å²) in [5.41, 5.74) is 7.06. The van der Waals surface area contributed by atoms with Crippen molar-refractivity contribution in [3.05, 3.63) is 387 Å². The Bertz CT molecular complexity index is 5960. The molecule has 0 fully saturated rings. The monoisotopic (exact) mass is 1710 g/mol. The first-order chi connectivity index (χ1) is 57.2. The smallest absolute Gasteiger partial charge is 0.335 e. The topological polar surface area (TPSA) is 347 Å². The molecule has 0 radical (unpaired) electrons. The second-order valence-corrected chi connectivity index (χ2v) is 34.5. The van der Waals surface area contributed by atoms with Crippen LogP contribution in [0, 0.1) is 24.4 Å². The quantitative estimate of drug-likeness (QED) is 0.0261. The summed E-state index contributed by atoms with van der Waals surface area (Å²) in [6.07, 6.45) is 0. The third-order valence-corrected chi connectivity index (χ3v) is 25.6. The molecule has 0 bridgehead atoms. The van der Waals surface area contributed by atoms with E-state index in [1.165, 1.54) is 123 Å². The Labute approximate surface area is 693 Å². The molecule has 120 heavy (non-hydrogen) atoms. The largest absolute Gasteiger partial charge is 0.497 e. The number of aliphatic hydroxyl groups is 1. The minimum absolute atomic E-state index is 0.0337. The summed E-state index contributed by atoms with van der Waals surface area (Å²) >= 11 is 0. The van der Waals surface area contributed by atoms with Gasteiger partial charge in [-0.05, 0) is 215 Å². The fraction of sp³-hybridized carbons (Fsp3) is 0.146. The maximum Gasteiger partial charge on any atom is 0.335 e. The number of aliphatic hydroxyl groups excluding tert-OH is 1. The number of rotatable bonds is 32. The number of sulfonamides is 4. The van der Waals surface area contributed by atoms with Crippen LogP contribution >= 0.6 is 0 Å². The number of benzene rings is 12. The van der Waals surface area contributed by atoms with Crippen molar-refractivity contribution in [2.75, 3.05) is 21.3 Å². The number of aromatic carboxylic acids is 4. The second-order valence-electron chi connectivity index (χ2n) is 26.8. The van der Waals surface area contributed by atoms with Gasteiger partial charge < -0.3 is 39.7 Å². The van der Waals surface area contributed by atoms with E-state index in [1.54, 1.807) is 148 Å². The number of halogens is 3. The van der Waals surface area contributed by atoms with Gasteiger partial charge in [0.15, 0.2) is 11.6 Å². The molecule has 0 unspecified atom stereocenters. The Morgan fingerprint density at radius 1 is 0.283 bits per heavy atom. The van der Waals surface area contributed by atoms with E-state index in [1.807, 2.05) is 49.4 Å². The van der Waals surface area contributed by atoms with Crippen molar-refractivity contribution in [3.63, 3.8) is 0 Å². The van der Waals surface area contributed by atoms with Gasteiger partial charge in [-0.1, -0.05) is 139 Å². The lowest BCUT2D eigenvalue weighted by molar-refractivity contribution is 0.0686. The number of carboxylic acids is 4. The van der Waals surface area contributed by atoms with E-state index in [4.69, 9.17) is 34.6 Å². The minimum atomic E-state index is -4.09. The predicted octanol–water partition coefficient (Wildman–Crippen LogP) is 15.3. The molecule has 12 rings (SSSR count). The Morgan fingerprint density at radius 2 is 0.542 bits per heavy atom. The standard InChI is InChI=1S/C23H23NO6S.C22H19F2NO5S.C22H20FNO4S.C22H21NO5S/c1-30-21-10-4-18(5-11-21)15-24(14-17-2-8-20(9-3-17)23(26)27)31(28,29)22-12-6-19(16-25)7-13-22;1-30-18-7-2-15(3-8-18)13-25(14-16-4-11-20(23)21(24)12-16)31(28,29)19-9-5-17(6-10-19)22(26)27;1-16-2-12-21(13-3-16)29(27,28)24(15-18-6-10-20(23)11-7-18)14-17-4-8-19(9-5-17)22(25)26;1-28-20-9-5-8-18(14-20)16-23(15-17-6-3-2-4-7-17)29(26,27)21-12-10-19(11-13-21)22(24)25/h2-13,25H,14-16H2,1H3,(H,26,27);2-12H,13-14H2,1H3,(H,26,27);2-13H,14-15H2,1H3,(H,25,26);2-14H,15-16H2,1H3,(H,24,25). The van der Waals surface area contributed by atoms with E-state index in [0.717, 1.165) is 38.7 Å². The molecule has 12 aromatic rings. The fourth-order valence-electron chi connectivity index (χ4n) is 11.7. The van der Waals surface area contributed by atoms with E-state index >= 15 is 0 Å². The van der Waals surface area contributed by atoms with E-state index in [0.29, 0.717) is 45.1 Å². The number of ether oxygens (including phenoxy) is 3. The van der Waals surface area contributed by atoms with Crippen molar-refractivity contribution in [2.24, 2.45) is 0 Å². The van der Waals surface area contributed by atoms with Gasteiger partial charge >= 0.3 is 23.9 Å². The molecule has 12 aromatic carbocycles. The second kappa shape index (κ2) is 42.1. The number of hydrogen-bond acceptors (Lipinski definition) is 16. The lowest BCUT2D eigenvalue weighted by Crippen LogP contribution is -2.30. The van der Waals surface area contributed by atoms with Gasteiger partial charge in [-0.25, -0.2) is 66.0 Å². The van der Waals surface area contributed by atoms with Crippen LogP contribution in [0.4, 0.5) is 13.2 Å². The summed E-state index contributed by atoms with van der Waals surface area (Å²) < 4.78 is 167. The van der Waals surface area contributed by atoms with Crippen LogP contribution in [-0.4, -0.2) is 122 Å². The highest BCUT2D eigenvalue weighted by molar-refractivity contribution is 7.90. The van der Waals surface area contributed by atoms with Crippen molar-refractivity contribution >= 4 is 64.0 Å². The summed E-state index contributed by atoms with van der Waals surface area (Å²) in [4.78, 5) is 44.4. The molecule has 0 spiro atoms. The van der Waals surface area contributed by atoms with Crippen molar-refractivity contribution in [3.8, 4) is 17.2 Å². The predicted molar refractivity (Wildman–Crippen MR) is 441 cm³/mol. The van der Waals surface area contributed by atoms with Crippen LogP contribution in [0.3, 0.4) is 0 Å². The Kier molecular flexibility index (Phi) is 32.0. The third kappa shape index (κ3) is 25.4. The molecular formula is C89H83F3N4O20S4. The SMILES string of the molecule is COc1ccc(CN(Cc2ccc(C(=O)O)cc2)S(=O)(=O)c2ccc(CO)cc2)cc1.COc1ccc(CN(Cc2ccc(F)c(F)c2)S(=O)(=O)c2ccc(C(=O)O)cc2)cc1.COc1cccc(CN(Cc2ccccc2)S(=O)(=O)c2ccc(C(=O)O)cc2)c1.Cc1ccc(S(=O)(=O)N(Cc2ccc(F)cc2)Cc2ccc(C(=O)O)cc2)cc1. The van der Waals surface area contributed by atoms with Gasteiger partial charge in [0.1, 0.15) is 23.1 Å². The van der Waals surface area contributed by atoms with Gasteiger partial charge in [-0.2, -0.15) is 17.2 Å². The van der Waals surface area contributed by atoms with Crippen LogP contribution in [0.1, 0.15) is 97.1 Å². The zero-order valence-corrected chi connectivity index (χ0v) is 68.3. The molecule has 5 N–H and O–H groups in total. The summed E-state index contributed by atoms with van der Waals surface area (Å²) in [6.45, 7) is 2.05. The Morgan fingerprint density at radius 3 is 0.858 bits per heavy atom. The summed E-state index contributed by atoms with van der Waals surface area (Å²) in [7, 11) is -11.0. The Hall–Kier alpha value is -12.7. The van der Waals surface area contributed by atoms with Crippen LogP contribution in [0.25, 0.3) is 0 Å². The highest BCUT2D eigenvalue weighted by atomic mass is 32.2. The molecule has 0 aliphatic heterocycles. The molecule has 0 aliphatic carbocycles. The fourth-order valence-corrected chi connectivity index (χ4v) is 17.4. The number of nitrogens with zero attached hydrogens (tertiary/aromatic N) is 4. The summed E-state index contributed by atoms with van der Waals surface area (Å²) in [5, 5.41) is 45.4. The maximum atomic E-state index is 13.7. The van der Waals surface area contributed by atoms with Crippen molar-refractivity contribution in [2.45, 2.75) is 85.5 Å². The van der Waals surface area contributed by atoms with Crippen LogP contribution in [0.2, 0.25) is 0 Å². The van der Waals surface area contributed by atoms with Gasteiger partial charge in [0.05, 0.1) is 69.8 Å². The van der Waals surface area contributed by atoms with Crippen LogP contribution in [-0.2, 0) is 99.1 Å². The van der Waals surface area contributed by atoms with Gasteiger partial charge in [0.2, 0.25) is 40.1 Å². The van der Waals surface area contributed by atoms with Crippen molar-refractivity contribution in [1.82, 2.24) is 17.2 Å². The molecule has 0 aliphatic rings. The molecule has 0 amide bonds. The number of aryl methyl sites for hydroxylation is 1. The molecule has 31 heteroatoms.